The fourth-order valence-corrected chi connectivity index (χ4v) is 5.01. The summed E-state index contributed by atoms with van der Waals surface area (Å²) in [6.45, 7) is 5.85. The molecule has 0 saturated carbocycles. The third-order valence-electron chi connectivity index (χ3n) is 6.72. The van der Waals surface area contributed by atoms with Crippen molar-refractivity contribution in [1.82, 2.24) is 19.9 Å². The summed E-state index contributed by atoms with van der Waals surface area (Å²) in [5, 5.41) is 2.51. The minimum absolute atomic E-state index is 0.846. The number of nitrogens with zero attached hydrogens (tertiary/aromatic N) is 5. The molecule has 0 unspecified atom stereocenters. The summed E-state index contributed by atoms with van der Waals surface area (Å²) in [7, 11) is 0. The van der Waals surface area contributed by atoms with Gasteiger partial charge < -0.3 is 0 Å². The predicted octanol–water partition coefficient (Wildman–Crippen LogP) is 5.02. The molecular formula is C27H27N5. The molecule has 32 heavy (non-hydrogen) atoms. The van der Waals surface area contributed by atoms with Crippen molar-refractivity contribution in [2.75, 3.05) is 13.1 Å². The van der Waals surface area contributed by atoms with Crippen LogP contribution in [-0.4, -0.2) is 38.7 Å². The Hall–Kier alpha value is -3.18. The van der Waals surface area contributed by atoms with Crippen molar-refractivity contribution in [2.45, 2.75) is 45.7 Å². The Kier molecular flexibility index (Phi) is 4.91. The lowest BCUT2D eigenvalue weighted by Gasteiger charge is -2.29. The molecule has 0 bridgehead atoms. The van der Waals surface area contributed by atoms with Gasteiger partial charge in [0.1, 0.15) is 0 Å². The zero-order chi connectivity index (χ0) is 21.5. The molecule has 0 N–H and O–H groups in total. The first-order valence-corrected chi connectivity index (χ1v) is 11.6. The molecule has 0 amide bonds. The molecule has 0 atom stereocenters. The Bertz CT molecular complexity index is 1360. The lowest BCUT2D eigenvalue weighted by Crippen LogP contribution is -2.31. The van der Waals surface area contributed by atoms with Crippen LogP contribution in [0, 0.1) is 6.92 Å². The van der Waals surface area contributed by atoms with Crippen LogP contribution in [0.25, 0.3) is 21.8 Å². The van der Waals surface area contributed by atoms with Crippen molar-refractivity contribution in [3.05, 3.63) is 76.9 Å². The Morgan fingerprint density at radius 1 is 0.938 bits per heavy atom. The van der Waals surface area contributed by atoms with E-state index in [0.717, 1.165) is 61.6 Å². The van der Waals surface area contributed by atoms with E-state index in [1.54, 1.807) is 0 Å². The number of aromatic nitrogens is 3. The smallest absolute Gasteiger partial charge is 0.173 e. The molecule has 5 nitrogen and oxygen atoms in total. The number of aryl methyl sites for hydroxylation is 1. The van der Waals surface area contributed by atoms with Crippen LogP contribution in [-0.2, 0) is 19.5 Å². The van der Waals surface area contributed by atoms with Crippen LogP contribution >= 0.6 is 0 Å². The van der Waals surface area contributed by atoms with Crippen molar-refractivity contribution in [2.24, 2.45) is 4.99 Å². The monoisotopic (exact) mass is 421 g/mol. The van der Waals surface area contributed by atoms with E-state index in [0.29, 0.717) is 0 Å². The third-order valence-corrected chi connectivity index (χ3v) is 6.72. The third kappa shape index (κ3) is 3.56. The second kappa shape index (κ2) is 8.06. The standard InChI is InChI=1S/C27H27N5/c1-18-9-10-25-21(14-18)22(20-6-2-3-7-24(20)30-25)17-32-13-11-23-19(16-32)15-29-27(31-23)26-8-4-5-12-28-26/h2-3,6-7,9-10,14-15H,4-5,8,11-13,16-17H2,1H3. The van der Waals surface area contributed by atoms with Gasteiger partial charge in [-0.05, 0) is 49.9 Å². The zero-order valence-electron chi connectivity index (χ0n) is 18.5. The van der Waals surface area contributed by atoms with Gasteiger partial charge in [0.2, 0.25) is 0 Å². The van der Waals surface area contributed by atoms with Crippen molar-refractivity contribution in [1.29, 1.82) is 0 Å². The highest BCUT2D eigenvalue weighted by atomic mass is 15.1. The average molecular weight is 422 g/mol. The quantitative estimate of drug-likeness (QED) is 0.436. The molecule has 0 spiro atoms. The minimum atomic E-state index is 0.846. The van der Waals surface area contributed by atoms with Crippen molar-refractivity contribution < 1.29 is 0 Å². The van der Waals surface area contributed by atoms with Crippen LogP contribution in [0.15, 0.2) is 53.7 Å². The van der Waals surface area contributed by atoms with E-state index < -0.39 is 0 Å². The molecule has 0 fully saturated rings. The van der Waals surface area contributed by atoms with Gasteiger partial charge in [0.25, 0.3) is 0 Å². The van der Waals surface area contributed by atoms with E-state index >= 15 is 0 Å². The van der Waals surface area contributed by atoms with Crippen LogP contribution in [0.4, 0.5) is 0 Å². The number of para-hydroxylation sites is 1. The molecule has 6 rings (SSSR count). The van der Waals surface area contributed by atoms with Gasteiger partial charge >= 0.3 is 0 Å². The van der Waals surface area contributed by atoms with Crippen molar-refractivity contribution in [3.63, 3.8) is 0 Å². The summed E-state index contributed by atoms with van der Waals surface area (Å²) in [5.74, 6) is 0.846. The fraction of sp³-hybridized carbons (Fsp3) is 0.333. The van der Waals surface area contributed by atoms with Gasteiger partial charge in [-0.25, -0.2) is 15.0 Å². The van der Waals surface area contributed by atoms with Crippen molar-refractivity contribution >= 4 is 27.5 Å². The number of hydrogen-bond donors (Lipinski definition) is 0. The first-order valence-electron chi connectivity index (χ1n) is 11.6. The van der Waals surface area contributed by atoms with E-state index in [1.165, 1.54) is 46.0 Å². The minimum Gasteiger partial charge on any atom is -0.294 e. The molecule has 160 valence electrons. The maximum absolute atomic E-state index is 4.91. The van der Waals surface area contributed by atoms with Crippen LogP contribution in [0.1, 0.15) is 47.5 Å². The molecule has 2 aromatic carbocycles. The van der Waals surface area contributed by atoms with E-state index in [-0.39, 0.29) is 0 Å². The molecule has 5 heteroatoms. The van der Waals surface area contributed by atoms with Gasteiger partial charge in [-0.15, -0.1) is 0 Å². The molecule has 0 radical (unpaired) electrons. The number of rotatable bonds is 3. The van der Waals surface area contributed by atoms with Gasteiger partial charge in [0, 0.05) is 55.1 Å². The van der Waals surface area contributed by atoms with Crippen LogP contribution in [0.3, 0.4) is 0 Å². The number of aliphatic imine (C=N–C) groups is 1. The summed E-state index contributed by atoms with van der Waals surface area (Å²) in [5.41, 5.74) is 8.31. The maximum Gasteiger partial charge on any atom is 0.173 e. The second-order valence-corrected chi connectivity index (χ2v) is 9.04. The number of hydrogen-bond acceptors (Lipinski definition) is 5. The SMILES string of the molecule is Cc1ccc2nc3ccccc3c(CN3CCc4nc(C5=NCCCC5)ncc4C3)c2c1. The highest BCUT2D eigenvalue weighted by Gasteiger charge is 2.22. The normalized spacial score (nSPS) is 16.8. The van der Waals surface area contributed by atoms with Gasteiger partial charge in [0.15, 0.2) is 5.82 Å². The Morgan fingerprint density at radius 2 is 1.84 bits per heavy atom. The van der Waals surface area contributed by atoms with Crippen LogP contribution < -0.4 is 0 Å². The Morgan fingerprint density at radius 3 is 2.75 bits per heavy atom. The van der Waals surface area contributed by atoms with E-state index in [9.17, 15) is 0 Å². The zero-order valence-corrected chi connectivity index (χ0v) is 18.5. The van der Waals surface area contributed by atoms with Crippen molar-refractivity contribution in [3.8, 4) is 0 Å². The Labute approximate surface area is 188 Å². The molecule has 4 heterocycles. The lowest BCUT2D eigenvalue weighted by atomic mass is 9.99. The average Bonchev–Trinajstić information content (AvgIpc) is 2.84. The van der Waals surface area contributed by atoms with Gasteiger partial charge in [-0.1, -0.05) is 29.8 Å². The van der Waals surface area contributed by atoms with E-state index in [1.807, 2.05) is 6.20 Å². The summed E-state index contributed by atoms with van der Waals surface area (Å²) >= 11 is 0. The fourth-order valence-electron chi connectivity index (χ4n) is 5.01. The first-order chi connectivity index (χ1) is 15.7. The van der Waals surface area contributed by atoms with E-state index in [4.69, 9.17) is 15.0 Å². The summed E-state index contributed by atoms with van der Waals surface area (Å²) in [6.07, 6.45) is 6.38. The molecule has 2 aromatic heterocycles. The van der Waals surface area contributed by atoms with Gasteiger partial charge in [-0.3, -0.25) is 9.89 Å². The molecule has 0 saturated heterocycles. The highest BCUT2D eigenvalue weighted by Crippen LogP contribution is 2.29. The molecule has 2 aliphatic heterocycles. The first kappa shape index (κ1) is 19.5. The molecular weight excluding hydrogens is 394 g/mol. The summed E-state index contributed by atoms with van der Waals surface area (Å²) in [6, 6.07) is 15.1. The number of pyridine rings is 1. The lowest BCUT2D eigenvalue weighted by molar-refractivity contribution is 0.244. The van der Waals surface area contributed by atoms with Gasteiger partial charge in [0.05, 0.1) is 22.4 Å². The summed E-state index contributed by atoms with van der Waals surface area (Å²) in [4.78, 5) is 21.7. The Balaban J connectivity index is 1.33. The topological polar surface area (TPSA) is 54.3 Å². The summed E-state index contributed by atoms with van der Waals surface area (Å²) < 4.78 is 0. The highest BCUT2D eigenvalue weighted by molar-refractivity contribution is 5.98. The van der Waals surface area contributed by atoms with E-state index in [2.05, 4.69) is 59.3 Å². The molecule has 2 aliphatic rings. The number of fused-ring (bicyclic) bond motifs is 3. The van der Waals surface area contributed by atoms with Gasteiger partial charge in [-0.2, -0.15) is 0 Å². The predicted molar refractivity (Wildman–Crippen MR) is 129 cm³/mol. The number of benzene rings is 2. The second-order valence-electron chi connectivity index (χ2n) is 9.04. The largest absolute Gasteiger partial charge is 0.294 e. The maximum atomic E-state index is 4.91. The van der Waals surface area contributed by atoms with Crippen LogP contribution in [0.5, 0.6) is 0 Å². The molecule has 4 aromatic rings. The van der Waals surface area contributed by atoms with Crippen LogP contribution in [0.2, 0.25) is 0 Å². The molecule has 0 aliphatic carbocycles.